The summed E-state index contributed by atoms with van der Waals surface area (Å²) in [6, 6.07) is 23.1. The summed E-state index contributed by atoms with van der Waals surface area (Å²) in [6.07, 6.45) is 5.64. The molecule has 4 rings (SSSR count). The van der Waals surface area contributed by atoms with Gasteiger partial charge in [0.15, 0.2) is 0 Å². The number of hydrogen-bond donors (Lipinski definition) is 1. The van der Waals surface area contributed by atoms with Gasteiger partial charge in [0.05, 0.1) is 5.56 Å². The van der Waals surface area contributed by atoms with E-state index in [1.807, 2.05) is 23.1 Å². The van der Waals surface area contributed by atoms with Crippen LogP contribution in [0.4, 0.5) is 0 Å². The molecule has 1 aliphatic heterocycles. The van der Waals surface area contributed by atoms with E-state index < -0.39 is 0 Å². The van der Waals surface area contributed by atoms with Crippen LogP contribution in [0.15, 0.2) is 79.1 Å². The first-order valence-corrected chi connectivity index (χ1v) is 8.83. The van der Waals surface area contributed by atoms with Gasteiger partial charge in [-0.2, -0.15) is 0 Å². The molecule has 0 bridgehead atoms. The van der Waals surface area contributed by atoms with Crippen LogP contribution in [0.2, 0.25) is 0 Å². The van der Waals surface area contributed by atoms with Crippen molar-refractivity contribution < 1.29 is 4.79 Å². The fraction of sp³-hybridized carbons (Fsp3) is 0.227. The number of aromatic nitrogens is 1. The van der Waals surface area contributed by atoms with E-state index in [4.69, 9.17) is 0 Å². The van der Waals surface area contributed by atoms with Crippen molar-refractivity contribution in [1.29, 1.82) is 0 Å². The van der Waals surface area contributed by atoms with Gasteiger partial charge in [0.25, 0.3) is 5.91 Å². The molecule has 2 aromatic carbocycles. The van der Waals surface area contributed by atoms with Crippen LogP contribution in [0.1, 0.15) is 34.3 Å². The van der Waals surface area contributed by atoms with Crippen molar-refractivity contribution in [3.8, 4) is 0 Å². The predicted octanol–water partition coefficient (Wildman–Crippen LogP) is 4.24. The van der Waals surface area contributed by atoms with Gasteiger partial charge in [0, 0.05) is 30.9 Å². The third kappa shape index (κ3) is 2.86. The highest BCUT2D eigenvalue weighted by Gasteiger charge is 2.40. The van der Waals surface area contributed by atoms with Gasteiger partial charge in [-0.05, 0) is 30.0 Å². The Hall–Kier alpha value is -2.81. The standard InChI is InChI=1S/C22H22N2O/c25-21(18-12-14-23-16-18)24-15-7-13-22(17-24,19-8-3-1-4-9-19)20-10-5-2-6-11-20/h1-6,8-12,14,16,23H,7,13,15,17H2. The topological polar surface area (TPSA) is 36.1 Å². The highest BCUT2D eigenvalue weighted by molar-refractivity contribution is 5.94. The zero-order valence-electron chi connectivity index (χ0n) is 14.2. The third-order valence-corrected chi connectivity index (χ3v) is 5.28. The van der Waals surface area contributed by atoms with Crippen LogP contribution in [0.3, 0.4) is 0 Å². The highest BCUT2D eigenvalue weighted by Crippen LogP contribution is 2.40. The highest BCUT2D eigenvalue weighted by atomic mass is 16.2. The molecule has 0 radical (unpaired) electrons. The second-order valence-corrected chi connectivity index (χ2v) is 6.74. The molecular formula is C22H22N2O. The molecule has 0 spiro atoms. The van der Waals surface area contributed by atoms with Gasteiger partial charge >= 0.3 is 0 Å². The molecule has 1 aromatic heterocycles. The van der Waals surface area contributed by atoms with Crippen LogP contribution < -0.4 is 0 Å². The molecule has 1 fully saturated rings. The van der Waals surface area contributed by atoms with Crippen molar-refractivity contribution >= 4 is 5.91 Å². The Bertz CT molecular complexity index is 785. The van der Waals surface area contributed by atoms with Gasteiger partial charge in [-0.3, -0.25) is 4.79 Å². The minimum atomic E-state index is -0.146. The molecule has 1 aliphatic rings. The molecule has 25 heavy (non-hydrogen) atoms. The SMILES string of the molecule is O=C(c1cc[nH]c1)N1CCCC(c2ccccc2)(c2ccccc2)C1. The number of H-pyrrole nitrogens is 1. The molecule has 126 valence electrons. The molecule has 0 saturated carbocycles. The van der Waals surface area contributed by atoms with E-state index in [2.05, 4.69) is 53.5 Å². The Labute approximate surface area is 148 Å². The summed E-state index contributed by atoms with van der Waals surface area (Å²) in [4.78, 5) is 17.9. The van der Waals surface area contributed by atoms with Crippen LogP contribution in [-0.4, -0.2) is 28.9 Å². The zero-order valence-corrected chi connectivity index (χ0v) is 14.2. The van der Waals surface area contributed by atoms with Crippen molar-refractivity contribution in [1.82, 2.24) is 9.88 Å². The molecule has 1 amide bonds. The summed E-state index contributed by atoms with van der Waals surface area (Å²) in [5.41, 5.74) is 3.16. The van der Waals surface area contributed by atoms with E-state index in [0.29, 0.717) is 6.54 Å². The normalized spacial score (nSPS) is 16.6. The summed E-state index contributed by atoms with van der Waals surface area (Å²) in [5.74, 6) is 0.109. The number of likely N-dealkylation sites (tertiary alicyclic amines) is 1. The van der Waals surface area contributed by atoms with Gasteiger partial charge in [-0.25, -0.2) is 0 Å². The molecule has 0 aliphatic carbocycles. The zero-order chi connectivity index (χ0) is 17.1. The van der Waals surface area contributed by atoms with E-state index in [9.17, 15) is 4.79 Å². The summed E-state index contributed by atoms with van der Waals surface area (Å²) in [6.45, 7) is 1.52. The fourth-order valence-electron chi connectivity index (χ4n) is 4.02. The van der Waals surface area contributed by atoms with Gasteiger partial charge in [-0.15, -0.1) is 0 Å². The lowest BCUT2D eigenvalue weighted by Crippen LogP contribution is -2.49. The number of carbonyl (C=O) groups is 1. The van der Waals surface area contributed by atoms with Crippen molar-refractivity contribution in [2.24, 2.45) is 0 Å². The number of carbonyl (C=O) groups excluding carboxylic acids is 1. The maximum Gasteiger partial charge on any atom is 0.255 e. The average Bonchev–Trinajstić information content (AvgIpc) is 3.23. The number of aromatic amines is 1. The molecule has 0 unspecified atom stereocenters. The van der Waals surface area contributed by atoms with Crippen LogP contribution >= 0.6 is 0 Å². The molecule has 0 atom stereocenters. The van der Waals surface area contributed by atoms with Gasteiger partial charge in [0.2, 0.25) is 0 Å². The molecule has 3 nitrogen and oxygen atoms in total. The molecule has 2 heterocycles. The lowest BCUT2D eigenvalue weighted by Gasteiger charge is -2.44. The fourth-order valence-corrected chi connectivity index (χ4v) is 4.02. The average molecular weight is 330 g/mol. The van der Waals surface area contributed by atoms with Gasteiger partial charge < -0.3 is 9.88 Å². The lowest BCUT2D eigenvalue weighted by atomic mass is 9.69. The summed E-state index contributed by atoms with van der Waals surface area (Å²) >= 11 is 0. The minimum Gasteiger partial charge on any atom is -0.367 e. The van der Waals surface area contributed by atoms with E-state index in [-0.39, 0.29) is 11.3 Å². The Morgan fingerprint density at radius 2 is 1.56 bits per heavy atom. The van der Waals surface area contributed by atoms with Gasteiger partial charge in [0.1, 0.15) is 0 Å². The predicted molar refractivity (Wildman–Crippen MR) is 99.6 cm³/mol. The number of benzene rings is 2. The minimum absolute atomic E-state index is 0.109. The largest absolute Gasteiger partial charge is 0.367 e. The van der Waals surface area contributed by atoms with E-state index in [1.165, 1.54) is 11.1 Å². The lowest BCUT2D eigenvalue weighted by molar-refractivity contribution is 0.0666. The number of nitrogens with zero attached hydrogens (tertiary/aromatic N) is 1. The third-order valence-electron chi connectivity index (χ3n) is 5.28. The maximum atomic E-state index is 12.9. The molecule has 3 aromatic rings. The van der Waals surface area contributed by atoms with Crippen molar-refractivity contribution in [3.05, 3.63) is 95.8 Å². The van der Waals surface area contributed by atoms with Crippen LogP contribution in [0.25, 0.3) is 0 Å². The summed E-state index contributed by atoms with van der Waals surface area (Å²) in [5, 5.41) is 0. The second kappa shape index (κ2) is 6.60. The first-order valence-electron chi connectivity index (χ1n) is 8.83. The number of nitrogens with one attached hydrogen (secondary N) is 1. The number of hydrogen-bond acceptors (Lipinski definition) is 1. The van der Waals surface area contributed by atoms with Crippen LogP contribution in [0, 0.1) is 0 Å². The Morgan fingerprint density at radius 1 is 0.920 bits per heavy atom. The summed E-state index contributed by atoms with van der Waals surface area (Å²) in [7, 11) is 0. The van der Waals surface area contributed by atoms with Crippen molar-refractivity contribution in [2.75, 3.05) is 13.1 Å². The number of rotatable bonds is 3. The Balaban J connectivity index is 1.75. The Morgan fingerprint density at radius 3 is 2.12 bits per heavy atom. The molecular weight excluding hydrogens is 308 g/mol. The summed E-state index contributed by atoms with van der Waals surface area (Å²) < 4.78 is 0. The monoisotopic (exact) mass is 330 g/mol. The van der Waals surface area contributed by atoms with Crippen LogP contribution in [-0.2, 0) is 5.41 Å². The number of amides is 1. The molecule has 1 N–H and O–H groups in total. The first-order chi connectivity index (χ1) is 12.3. The molecule has 3 heteroatoms. The maximum absolute atomic E-state index is 12.9. The van der Waals surface area contributed by atoms with Crippen LogP contribution in [0.5, 0.6) is 0 Å². The van der Waals surface area contributed by atoms with E-state index in [1.54, 1.807) is 12.4 Å². The second-order valence-electron chi connectivity index (χ2n) is 6.74. The van der Waals surface area contributed by atoms with Crippen molar-refractivity contribution in [3.63, 3.8) is 0 Å². The Kier molecular flexibility index (Phi) is 4.14. The van der Waals surface area contributed by atoms with Gasteiger partial charge in [-0.1, -0.05) is 60.7 Å². The molecule has 1 saturated heterocycles. The smallest absolute Gasteiger partial charge is 0.255 e. The quantitative estimate of drug-likeness (QED) is 0.766. The van der Waals surface area contributed by atoms with E-state index in [0.717, 1.165) is 24.9 Å². The van der Waals surface area contributed by atoms with Crippen molar-refractivity contribution in [2.45, 2.75) is 18.3 Å². The number of piperidine rings is 1. The van der Waals surface area contributed by atoms with E-state index >= 15 is 0 Å². The first kappa shape index (κ1) is 15.7.